The van der Waals surface area contributed by atoms with Crippen LogP contribution in [0.2, 0.25) is 10.0 Å². The molecule has 1 aliphatic heterocycles. The number of hydrogen-bond donors (Lipinski definition) is 0. The molecular formula is C19H21Cl2N3O. The smallest absolute Gasteiger partial charge is 0.254 e. The lowest BCUT2D eigenvalue weighted by atomic mass is 10.1. The average Bonchev–Trinajstić information content (AvgIpc) is 2.63. The zero-order valence-corrected chi connectivity index (χ0v) is 15.9. The number of nitrogens with zero attached hydrogens (tertiary/aromatic N) is 3. The predicted octanol–water partition coefficient (Wildman–Crippen LogP) is 4.02. The molecule has 0 atom stereocenters. The summed E-state index contributed by atoms with van der Waals surface area (Å²) in [4.78, 5) is 18.9. The number of carbonyl (C=O) groups excluding carboxylic acids is 1. The Bertz CT molecular complexity index is 754. The first-order valence-electron chi connectivity index (χ1n) is 8.22. The Labute approximate surface area is 158 Å². The van der Waals surface area contributed by atoms with Crippen LogP contribution in [-0.4, -0.2) is 51.1 Å². The van der Waals surface area contributed by atoms with E-state index in [2.05, 4.69) is 34.1 Å². The first kappa shape index (κ1) is 17.9. The number of amides is 1. The topological polar surface area (TPSA) is 26.8 Å². The SMILES string of the molecule is CN(C)c1ccc(N2CCN(C(=O)c3ccc(Cl)c(Cl)c3)CC2)cc1. The maximum absolute atomic E-state index is 12.6. The Hall–Kier alpha value is -1.91. The zero-order valence-electron chi connectivity index (χ0n) is 14.4. The molecule has 1 saturated heterocycles. The molecule has 0 aromatic heterocycles. The molecule has 0 aliphatic carbocycles. The first-order chi connectivity index (χ1) is 12.0. The fraction of sp³-hybridized carbons (Fsp3) is 0.316. The lowest BCUT2D eigenvalue weighted by Crippen LogP contribution is -2.48. The van der Waals surface area contributed by atoms with Crippen molar-refractivity contribution in [3.8, 4) is 0 Å². The molecule has 0 N–H and O–H groups in total. The van der Waals surface area contributed by atoms with Gasteiger partial charge in [0.05, 0.1) is 10.0 Å². The molecule has 0 bridgehead atoms. The standard InChI is InChI=1S/C19H21Cl2N3O/c1-22(2)15-4-6-16(7-5-15)23-9-11-24(12-10-23)19(25)14-3-8-17(20)18(21)13-14/h3-8,13H,9-12H2,1-2H3. The van der Waals surface area contributed by atoms with Gasteiger partial charge in [-0.1, -0.05) is 23.2 Å². The van der Waals surface area contributed by atoms with Gasteiger partial charge in [0, 0.05) is 57.2 Å². The van der Waals surface area contributed by atoms with Gasteiger partial charge in [-0.2, -0.15) is 0 Å². The van der Waals surface area contributed by atoms with Crippen LogP contribution < -0.4 is 9.80 Å². The zero-order chi connectivity index (χ0) is 18.0. The highest BCUT2D eigenvalue weighted by molar-refractivity contribution is 6.42. The molecular weight excluding hydrogens is 357 g/mol. The lowest BCUT2D eigenvalue weighted by Gasteiger charge is -2.36. The second-order valence-electron chi connectivity index (χ2n) is 6.32. The third-order valence-electron chi connectivity index (χ3n) is 4.46. The van der Waals surface area contributed by atoms with Crippen LogP contribution in [-0.2, 0) is 0 Å². The fourth-order valence-electron chi connectivity index (χ4n) is 2.94. The number of anilines is 2. The Kier molecular flexibility index (Phi) is 5.40. The highest BCUT2D eigenvalue weighted by atomic mass is 35.5. The van der Waals surface area contributed by atoms with Crippen LogP contribution in [0.3, 0.4) is 0 Å². The Morgan fingerprint density at radius 3 is 2.12 bits per heavy atom. The van der Waals surface area contributed by atoms with Crippen molar-refractivity contribution in [1.82, 2.24) is 4.90 Å². The van der Waals surface area contributed by atoms with Gasteiger partial charge >= 0.3 is 0 Å². The number of halogens is 2. The monoisotopic (exact) mass is 377 g/mol. The molecule has 3 rings (SSSR count). The molecule has 2 aromatic carbocycles. The quantitative estimate of drug-likeness (QED) is 0.807. The molecule has 1 amide bonds. The van der Waals surface area contributed by atoms with E-state index in [1.54, 1.807) is 18.2 Å². The summed E-state index contributed by atoms with van der Waals surface area (Å²) < 4.78 is 0. The molecule has 0 saturated carbocycles. The molecule has 25 heavy (non-hydrogen) atoms. The molecule has 132 valence electrons. The van der Waals surface area contributed by atoms with Gasteiger partial charge in [0.15, 0.2) is 0 Å². The van der Waals surface area contributed by atoms with E-state index < -0.39 is 0 Å². The molecule has 1 fully saturated rings. The largest absolute Gasteiger partial charge is 0.378 e. The minimum absolute atomic E-state index is 0.00109. The van der Waals surface area contributed by atoms with Gasteiger partial charge in [0.25, 0.3) is 5.91 Å². The maximum Gasteiger partial charge on any atom is 0.254 e. The van der Waals surface area contributed by atoms with E-state index in [4.69, 9.17) is 23.2 Å². The van der Waals surface area contributed by atoms with E-state index in [1.807, 2.05) is 19.0 Å². The van der Waals surface area contributed by atoms with Gasteiger partial charge in [-0.25, -0.2) is 0 Å². The third-order valence-corrected chi connectivity index (χ3v) is 5.20. The van der Waals surface area contributed by atoms with Crippen LogP contribution in [0.5, 0.6) is 0 Å². The van der Waals surface area contributed by atoms with Crippen molar-refractivity contribution >= 4 is 40.5 Å². The molecule has 0 unspecified atom stereocenters. The van der Waals surface area contributed by atoms with Crippen LogP contribution in [0.1, 0.15) is 10.4 Å². The summed E-state index contributed by atoms with van der Waals surface area (Å²) in [5.74, 6) is 0.00109. The third kappa shape index (κ3) is 4.02. The van der Waals surface area contributed by atoms with Crippen LogP contribution in [0.4, 0.5) is 11.4 Å². The van der Waals surface area contributed by atoms with Crippen molar-refractivity contribution in [2.24, 2.45) is 0 Å². The summed E-state index contributed by atoms with van der Waals surface area (Å²) in [5.41, 5.74) is 2.95. The van der Waals surface area contributed by atoms with Gasteiger partial charge < -0.3 is 14.7 Å². The summed E-state index contributed by atoms with van der Waals surface area (Å²) in [6.45, 7) is 3.01. The van der Waals surface area contributed by atoms with Gasteiger partial charge in [0.1, 0.15) is 0 Å². The number of benzene rings is 2. The number of carbonyl (C=O) groups is 1. The Morgan fingerprint density at radius 1 is 0.920 bits per heavy atom. The van der Waals surface area contributed by atoms with Crippen molar-refractivity contribution in [3.63, 3.8) is 0 Å². The molecule has 1 aliphatic rings. The van der Waals surface area contributed by atoms with Gasteiger partial charge in [-0.3, -0.25) is 4.79 Å². The highest BCUT2D eigenvalue weighted by Crippen LogP contribution is 2.24. The van der Waals surface area contributed by atoms with Crippen molar-refractivity contribution in [1.29, 1.82) is 0 Å². The average molecular weight is 378 g/mol. The predicted molar refractivity (Wildman–Crippen MR) is 105 cm³/mol. The molecule has 0 radical (unpaired) electrons. The highest BCUT2D eigenvalue weighted by Gasteiger charge is 2.22. The van der Waals surface area contributed by atoms with E-state index in [9.17, 15) is 4.79 Å². The van der Waals surface area contributed by atoms with E-state index in [1.165, 1.54) is 11.4 Å². The van der Waals surface area contributed by atoms with Crippen LogP contribution >= 0.6 is 23.2 Å². The minimum atomic E-state index is 0.00109. The van der Waals surface area contributed by atoms with Gasteiger partial charge in [-0.05, 0) is 42.5 Å². The molecule has 1 heterocycles. The van der Waals surface area contributed by atoms with Crippen molar-refractivity contribution < 1.29 is 4.79 Å². The number of rotatable bonds is 3. The van der Waals surface area contributed by atoms with Crippen LogP contribution in [0.15, 0.2) is 42.5 Å². The number of piperazine rings is 1. The summed E-state index contributed by atoms with van der Waals surface area (Å²) in [5, 5.41) is 0.872. The Balaban J connectivity index is 1.63. The lowest BCUT2D eigenvalue weighted by molar-refractivity contribution is 0.0747. The van der Waals surface area contributed by atoms with Crippen LogP contribution in [0, 0.1) is 0 Å². The summed E-state index contributed by atoms with van der Waals surface area (Å²) in [6, 6.07) is 13.5. The van der Waals surface area contributed by atoms with E-state index in [0.717, 1.165) is 13.1 Å². The molecule has 6 heteroatoms. The maximum atomic E-state index is 12.6. The fourth-order valence-corrected chi connectivity index (χ4v) is 3.24. The van der Waals surface area contributed by atoms with Crippen molar-refractivity contribution in [2.45, 2.75) is 0 Å². The van der Waals surface area contributed by atoms with Gasteiger partial charge in [0.2, 0.25) is 0 Å². The normalized spacial score (nSPS) is 14.6. The summed E-state index contributed by atoms with van der Waals surface area (Å²) >= 11 is 11.9. The molecule has 4 nitrogen and oxygen atoms in total. The van der Waals surface area contributed by atoms with Crippen LogP contribution in [0.25, 0.3) is 0 Å². The van der Waals surface area contributed by atoms with E-state index >= 15 is 0 Å². The minimum Gasteiger partial charge on any atom is -0.378 e. The van der Waals surface area contributed by atoms with Gasteiger partial charge in [-0.15, -0.1) is 0 Å². The number of hydrogen-bond acceptors (Lipinski definition) is 3. The summed E-state index contributed by atoms with van der Waals surface area (Å²) in [7, 11) is 4.06. The summed E-state index contributed by atoms with van der Waals surface area (Å²) in [6.07, 6.45) is 0. The second kappa shape index (κ2) is 7.54. The molecule has 2 aromatic rings. The molecule has 0 spiro atoms. The van der Waals surface area contributed by atoms with E-state index in [-0.39, 0.29) is 5.91 Å². The second-order valence-corrected chi connectivity index (χ2v) is 7.13. The van der Waals surface area contributed by atoms with E-state index in [0.29, 0.717) is 28.7 Å². The first-order valence-corrected chi connectivity index (χ1v) is 8.98. The van der Waals surface area contributed by atoms with Crippen molar-refractivity contribution in [3.05, 3.63) is 58.1 Å². The van der Waals surface area contributed by atoms with Crippen molar-refractivity contribution in [2.75, 3.05) is 50.1 Å². The Morgan fingerprint density at radius 2 is 1.56 bits per heavy atom.